The average molecular weight is 312 g/mol. The van der Waals surface area contributed by atoms with Gasteiger partial charge < -0.3 is 9.47 Å². The molecule has 1 aromatic carbocycles. The van der Waals surface area contributed by atoms with E-state index in [0.717, 1.165) is 5.56 Å². The molecular formula is C15H18ClNO4. The first kappa shape index (κ1) is 15.8. The maximum atomic E-state index is 12.3. The monoisotopic (exact) mass is 311 g/mol. The van der Waals surface area contributed by atoms with Gasteiger partial charge in [0.05, 0.1) is 6.10 Å². The van der Waals surface area contributed by atoms with E-state index < -0.39 is 29.2 Å². The van der Waals surface area contributed by atoms with Crippen LogP contribution in [0.4, 0.5) is 4.79 Å². The summed E-state index contributed by atoms with van der Waals surface area (Å²) in [5, 5.41) is -0.635. The van der Waals surface area contributed by atoms with Crippen molar-refractivity contribution in [2.75, 3.05) is 0 Å². The summed E-state index contributed by atoms with van der Waals surface area (Å²) in [4.78, 5) is 25.1. The summed E-state index contributed by atoms with van der Waals surface area (Å²) < 4.78 is 10.9. The number of benzene rings is 1. The van der Waals surface area contributed by atoms with Crippen molar-refractivity contribution in [1.29, 1.82) is 0 Å². The lowest BCUT2D eigenvalue weighted by Crippen LogP contribution is -2.50. The Hall–Kier alpha value is -1.59. The fourth-order valence-corrected chi connectivity index (χ4v) is 2.80. The zero-order valence-corrected chi connectivity index (χ0v) is 13.0. The third-order valence-electron chi connectivity index (χ3n) is 3.41. The molecule has 1 aliphatic heterocycles. The van der Waals surface area contributed by atoms with Gasteiger partial charge in [0.15, 0.2) is 0 Å². The predicted octanol–water partition coefficient (Wildman–Crippen LogP) is 2.91. The van der Waals surface area contributed by atoms with E-state index in [9.17, 15) is 9.59 Å². The first-order valence-corrected chi connectivity index (χ1v) is 7.08. The van der Waals surface area contributed by atoms with Gasteiger partial charge in [0.1, 0.15) is 18.4 Å². The van der Waals surface area contributed by atoms with Crippen LogP contribution in [0.1, 0.15) is 26.3 Å². The standard InChI is InChI=1S/C15H18ClNO4/c1-10-12(13(16)18)17(15(2,3)21-10)14(19)20-9-11-7-5-4-6-8-11/h4-8,10,12H,9H2,1-3H3/t10-,12?/m1/s1. The molecule has 2 atom stereocenters. The summed E-state index contributed by atoms with van der Waals surface area (Å²) in [5.74, 6) is 0. The van der Waals surface area contributed by atoms with E-state index in [1.165, 1.54) is 4.90 Å². The maximum Gasteiger partial charge on any atom is 0.413 e. The summed E-state index contributed by atoms with van der Waals surface area (Å²) in [6.07, 6.45) is -1.10. The fourth-order valence-electron chi connectivity index (χ4n) is 2.53. The van der Waals surface area contributed by atoms with Crippen LogP contribution < -0.4 is 0 Å². The first-order chi connectivity index (χ1) is 9.83. The molecule has 1 fully saturated rings. The molecule has 0 aromatic heterocycles. The average Bonchev–Trinajstić information content (AvgIpc) is 2.66. The number of carbonyl (C=O) groups excluding carboxylic acids is 2. The van der Waals surface area contributed by atoms with Crippen LogP contribution in [0.15, 0.2) is 30.3 Å². The van der Waals surface area contributed by atoms with Gasteiger partial charge in [-0.1, -0.05) is 30.3 Å². The summed E-state index contributed by atoms with van der Waals surface area (Å²) in [7, 11) is 0. The molecule has 0 radical (unpaired) electrons. The smallest absolute Gasteiger partial charge is 0.413 e. The summed E-state index contributed by atoms with van der Waals surface area (Å²) in [6.45, 7) is 5.24. The maximum absolute atomic E-state index is 12.3. The molecule has 0 bridgehead atoms. The minimum atomic E-state index is -0.942. The Balaban J connectivity index is 2.10. The molecule has 5 nitrogen and oxygen atoms in total. The number of halogens is 1. The minimum absolute atomic E-state index is 0.129. The molecule has 1 amide bonds. The number of carbonyl (C=O) groups is 2. The molecule has 0 N–H and O–H groups in total. The normalized spacial score (nSPS) is 23.9. The molecule has 0 spiro atoms. The summed E-state index contributed by atoms with van der Waals surface area (Å²) >= 11 is 5.59. The lowest BCUT2D eigenvalue weighted by atomic mass is 10.2. The Labute approximate surface area is 128 Å². The van der Waals surface area contributed by atoms with Gasteiger partial charge >= 0.3 is 6.09 Å². The third kappa shape index (κ3) is 3.36. The molecule has 0 saturated carbocycles. The zero-order chi connectivity index (χ0) is 15.6. The van der Waals surface area contributed by atoms with E-state index in [2.05, 4.69) is 0 Å². The highest BCUT2D eigenvalue weighted by molar-refractivity contribution is 6.65. The Morgan fingerprint density at radius 1 is 1.33 bits per heavy atom. The van der Waals surface area contributed by atoms with Crippen LogP contribution in [0.25, 0.3) is 0 Å². The van der Waals surface area contributed by atoms with Crippen LogP contribution in [0.3, 0.4) is 0 Å². The molecular weight excluding hydrogens is 294 g/mol. The van der Waals surface area contributed by atoms with E-state index in [1.807, 2.05) is 30.3 Å². The third-order valence-corrected chi connectivity index (χ3v) is 3.64. The van der Waals surface area contributed by atoms with Crippen molar-refractivity contribution in [3.63, 3.8) is 0 Å². The van der Waals surface area contributed by atoms with Gasteiger partial charge in [-0.05, 0) is 37.9 Å². The highest BCUT2D eigenvalue weighted by atomic mass is 35.5. The van der Waals surface area contributed by atoms with Crippen LogP contribution in [0.2, 0.25) is 0 Å². The Bertz CT molecular complexity index is 532. The van der Waals surface area contributed by atoms with Crippen LogP contribution in [0, 0.1) is 0 Å². The van der Waals surface area contributed by atoms with Crippen molar-refractivity contribution in [2.45, 2.75) is 45.2 Å². The second kappa shape index (κ2) is 6.03. The van der Waals surface area contributed by atoms with E-state index in [4.69, 9.17) is 21.1 Å². The van der Waals surface area contributed by atoms with E-state index >= 15 is 0 Å². The molecule has 114 valence electrons. The van der Waals surface area contributed by atoms with E-state index in [-0.39, 0.29) is 6.61 Å². The summed E-state index contributed by atoms with van der Waals surface area (Å²) in [6, 6.07) is 8.47. The molecule has 1 aromatic rings. The molecule has 0 aliphatic carbocycles. The van der Waals surface area contributed by atoms with Crippen molar-refractivity contribution < 1.29 is 19.1 Å². The zero-order valence-electron chi connectivity index (χ0n) is 12.2. The van der Waals surface area contributed by atoms with Crippen LogP contribution in [-0.4, -0.2) is 34.1 Å². The van der Waals surface area contributed by atoms with Crippen molar-refractivity contribution in [1.82, 2.24) is 4.90 Å². The van der Waals surface area contributed by atoms with Crippen molar-refractivity contribution in [3.8, 4) is 0 Å². The van der Waals surface area contributed by atoms with Gasteiger partial charge in [-0.2, -0.15) is 0 Å². The van der Waals surface area contributed by atoms with E-state index in [1.54, 1.807) is 20.8 Å². The Kier molecular flexibility index (Phi) is 4.54. The second-order valence-electron chi connectivity index (χ2n) is 5.43. The second-order valence-corrected chi connectivity index (χ2v) is 5.80. The fraction of sp³-hybridized carbons (Fsp3) is 0.467. The van der Waals surface area contributed by atoms with Gasteiger partial charge in [0, 0.05) is 0 Å². The molecule has 6 heteroatoms. The van der Waals surface area contributed by atoms with Gasteiger partial charge in [0.2, 0.25) is 5.24 Å². The number of hydrogen-bond donors (Lipinski definition) is 0. The number of ether oxygens (including phenoxy) is 2. The lowest BCUT2D eigenvalue weighted by Gasteiger charge is -2.31. The van der Waals surface area contributed by atoms with Crippen molar-refractivity contribution in [2.24, 2.45) is 0 Å². The number of rotatable bonds is 3. The van der Waals surface area contributed by atoms with E-state index in [0.29, 0.717) is 0 Å². The summed E-state index contributed by atoms with van der Waals surface area (Å²) in [5.41, 5.74) is -0.0758. The van der Waals surface area contributed by atoms with Gasteiger partial charge in [-0.15, -0.1) is 0 Å². The Morgan fingerprint density at radius 3 is 2.52 bits per heavy atom. The number of amides is 1. The van der Waals surface area contributed by atoms with Crippen LogP contribution >= 0.6 is 11.6 Å². The highest BCUT2D eigenvalue weighted by Crippen LogP contribution is 2.33. The quantitative estimate of drug-likeness (QED) is 0.805. The number of nitrogens with zero attached hydrogens (tertiary/aromatic N) is 1. The Morgan fingerprint density at radius 2 is 1.95 bits per heavy atom. The molecule has 1 aliphatic rings. The predicted molar refractivity (Wildman–Crippen MR) is 77.7 cm³/mol. The topological polar surface area (TPSA) is 55.8 Å². The molecule has 1 saturated heterocycles. The molecule has 1 unspecified atom stereocenters. The SMILES string of the molecule is C[C@H]1OC(C)(C)N(C(=O)OCc2ccccc2)C1C(=O)Cl. The molecule has 1 heterocycles. The van der Waals surface area contributed by atoms with Gasteiger partial charge in [-0.25, -0.2) is 4.79 Å². The largest absolute Gasteiger partial charge is 0.444 e. The van der Waals surface area contributed by atoms with Crippen molar-refractivity contribution >= 4 is 22.9 Å². The minimum Gasteiger partial charge on any atom is -0.444 e. The van der Waals surface area contributed by atoms with Crippen LogP contribution in [-0.2, 0) is 20.9 Å². The van der Waals surface area contributed by atoms with Gasteiger partial charge in [-0.3, -0.25) is 9.69 Å². The lowest BCUT2D eigenvalue weighted by molar-refractivity contribution is -0.116. The molecule has 2 rings (SSSR count). The molecule has 21 heavy (non-hydrogen) atoms. The van der Waals surface area contributed by atoms with Crippen molar-refractivity contribution in [3.05, 3.63) is 35.9 Å². The number of hydrogen-bond acceptors (Lipinski definition) is 4. The van der Waals surface area contributed by atoms with Crippen LogP contribution in [0.5, 0.6) is 0 Å². The first-order valence-electron chi connectivity index (χ1n) is 6.70. The highest BCUT2D eigenvalue weighted by Gasteiger charge is 2.51. The van der Waals surface area contributed by atoms with Gasteiger partial charge in [0.25, 0.3) is 0 Å².